The molecular formula is C20H35N7O9S. The SMILES string of the molecule is CSCCC(NC(=O)C(CCCN=C(N)N)NC(=O)C(CC(=O)O)NC(=O)C(N)CCC(=O)O)C(=O)O. The molecule has 0 fully saturated rings. The Labute approximate surface area is 217 Å². The first-order valence-corrected chi connectivity index (χ1v) is 12.5. The number of amides is 3. The van der Waals surface area contributed by atoms with Gasteiger partial charge in [-0.25, -0.2) is 4.79 Å². The monoisotopic (exact) mass is 549 g/mol. The van der Waals surface area contributed by atoms with E-state index in [1.165, 1.54) is 11.8 Å². The van der Waals surface area contributed by atoms with Gasteiger partial charge in [0.1, 0.15) is 18.1 Å². The topological polar surface area (TPSA) is 290 Å². The summed E-state index contributed by atoms with van der Waals surface area (Å²) in [4.78, 5) is 75.2. The molecule has 3 amide bonds. The van der Waals surface area contributed by atoms with Crippen molar-refractivity contribution in [2.45, 2.75) is 62.7 Å². The quantitative estimate of drug-likeness (QED) is 0.0441. The number of carboxylic acids is 3. The van der Waals surface area contributed by atoms with E-state index in [0.717, 1.165) is 0 Å². The van der Waals surface area contributed by atoms with Gasteiger partial charge in [0.25, 0.3) is 0 Å². The fraction of sp³-hybridized carbons (Fsp3) is 0.650. The molecule has 16 nitrogen and oxygen atoms in total. The summed E-state index contributed by atoms with van der Waals surface area (Å²) < 4.78 is 0. The Hall–Kier alpha value is -3.60. The number of thioether (sulfide) groups is 1. The van der Waals surface area contributed by atoms with Gasteiger partial charge in [-0.05, 0) is 37.7 Å². The van der Waals surface area contributed by atoms with Gasteiger partial charge in [0.05, 0.1) is 12.5 Å². The molecule has 0 saturated heterocycles. The van der Waals surface area contributed by atoms with Crippen LogP contribution >= 0.6 is 11.8 Å². The van der Waals surface area contributed by atoms with E-state index in [9.17, 15) is 33.9 Å². The van der Waals surface area contributed by atoms with Crippen LogP contribution in [0.4, 0.5) is 0 Å². The highest BCUT2D eigenvalue weighted by molar-refractivity contribution is 7.98. The maximum atomic E-state index is 12.9. The molecule has 0 bridgehead atoms. The summed E-state index contributed by atoms with van der Waals surface area (Å²) in [6.45, 7) is 0.0878. The minimum absolute atomic E-state index is 0.0465. The first-order chi connectivity index (χ1) is 17.3. The van der Waals surface area contributed by atoms with Gasteiger partial charge in [0, 0.05) is 13.0 Å². The van der Waals surface area contributed by atoms with Crippen molar-refractivity contribution in [1.29, 1.82) is 0 Å². The maximum absolute atomic E-state index is 12.9. The number of nitrogens with zero attached hydrogens (tertiary/aromatic N) is 1. The van der Waals surface area contributed by atoms with Crippen LogP contribution in [0.25, 0.3) is 0 Å². The highest BCUT2D eigenvalue weighted by atomic mass is 32.2. The van der Waals surface area contributed by atoms with Crippen molar-refractivity contribution in [3.05, 3.63) is 0 Å². The molecule has 0 saturated carbocycles. The molecule has 0 aromatic rings. The minimum atomic E-state index is -1.65. The summed E-state index contributed by atoms with van der Waals surface area (Å²) >= 11 is 1.37. The summed E-state index contributed by atoms with van der Waals surface area (Å²) in [6.07, 6.45) is 0.469. The van der Waals surface area contributed by atoms with Gasteiger partial charge < -0.3 is 48.5 Å². The van der Waals surface area contributed by atoms with Crippen LogP contribution in [-0.4, -0.2) is 99.6 Å². The van der Waals surface area contributed by atoms with Crippen LogP contribution in [0.2, 0.25) is 0 Å². The van der Waals surface area contributed by atoms with Gasteiger partial charge in [0.2, 0.25) is 17.7 Å². The number of carbonyl (C=O) groups excluding carboxylic acids is 3. The number of carbonyl (C=O) groups is 6. The first kappa shape index (κ1) is 33.4. The smallest absolute Gasteiger partial charge is 0.326 e. The molecule has 37 heavy (non-hydrogen) atoms. The third kappa shape index (κ3) is 15.2. The lowest BCUT2D eigenvalue weighted by molar-refractivity contribution is -0.143. The molecule has 4 unspecified atom stereocenters. The Balaban J connectivity index is 5.61. The van der Waals surface area contributed by atoms with Crippen LogP contribution in [-0.2, 0) is 28.8 Å². The summed E-state index contributed by atoms with van der Waals surface area (Å²) in [7, 11) is 0. The molecule has 0 spiro atoms. The van der Waals surface area contributed by atoms with E-state index in [2.05, 4.69) is 20.9 Å². The molecule has 17 heteroatoms. The van der Waals surface area contributed by atoms with Crippen molar-refractivity contribution >= 4 is 53.4 Å². The molecule has 12 N–H and O–H groups in total. The maximum Gasteiger partial charge on any atom is 0.326 e. The number of nitrogens with one attached hydrogen (secondary N) is 3. The molecule has 0 heterocycles. The number of aliphatic imine (C=N–C) groups is 1. The fourth-order valence-corrected chi connectivity index (χ4v) is 3.35. The first-order valence-electron chi connectivity index (χ1n) is 11.2. The number of hydrogen-bond donors (Lipinski definition) is 9. The van der Waals surface area contributed by atoms with Crippen LogP contribution in [0.5, 0.6) is 0 Å². The second kappa shape index (κ2) is 17.8. The van der Waals surface area contributed by atoms with Gasteiger partial charge in [-0.1, -0.05) is 0 Å². The van der Waals surface area contributed by atoms with E-state index in [4.69, 9.17) is 27.4 Å². The van der Waals surface area contributed by atoms with Gasteiger partial charge >= 0.3 is 17.9 Å². The fourth-order valence-electron chi connectivity index (χ4n) is 2.88. The highest BCUT2D eigenvalue weighted by Crippen LogP contribution is 2.06. The summed E-state index contributed by atoms with van der Waals surface area (Å²) in [5, 5.41) is 34.1. The second-order valence-electron chi connectivity index (χ2n) is 7.89. The van der Waals surface area contributed by atoms with Crippen molar-refractivity contribution in [1.82, 2.24) is 16.0 Å². The highest BCUT2D eigenvalue weighted by Gasteiger charge is 2.31. The third-order valence-corrected chi connectivity index (χ3v) is 5.47. The van der Waals surface area contributed by atoms with Crippen molar-refractivity contribution in [3.63, 3.8) is 0 Å². The molecule has 0 aliphatic heterocycles. The molecule has 0 aliphatic rings. The zero-order valence-electron chi connectivity index (χ0n) is 20.3. The normalized spacial score (nSPS) is 13.8. The number of rotatable bonds is 19. The largest absolute Gasteiger partial charge is 0.481 e. The van der Waals surface area contributed by atoms with E-state index in [-0.39, 0.29) is 38.2 Å². The van der Waals surface area contributed by atoms with Gasteiger partial charge in [-0.15, -0.1) is 0 Å². The summed E-state index contributed by atoms with van der Waals surface area (Å²) in [5.41, 5.74) is 16.1. The Morgan fingerprint density at radius 2 is 1.38 bits per heavy atom. The summed E-state index contributed by atoms with van der Waals surface area (Å²) in [6, 6.07) is -5.53. The lowest BCUT2D eigenvalue weighted by atomic mass is 10.1. The Bertz CT molecular complexity index is 852. The van der Waals surface area contributed by atoms with Crippen molar-refractivity contribution in [3.8, 4) is 0 Å². The van der Waals surface area contributed by atoms with Crippen LogP contribution in [0.3, 0.4) is 0 Å². The van der Waals surface area contributed by atoms with E-state index >= 15 is 0 Å². The van der Waals surface area contributed by atoms with Gasteiger partial charge in [-0.2, -0.15) is 11.8 Å². The number of aliphatic carboxylic acids is 3. The average Bonchev–Trinajstić information content (AvgIpc) is 2.80. The Morgan fingerprint density at radius 1 is 0.811 bits per heavy atom. The molecule has 210 valence electrons. The zero-order chi connectivity index (χ0) is 28.5. The minimum Gasteiger partial charge on any atom is -0.481 e. The third-order valence-electron chi connectivity index (χ3n) is 4.82. The molecule has 0 radical (unpaired) electrons. The van der Waals surface area contributed by atoms with Crippen molar-refractivity contribution < 1.29 is 44.1 Å². The van der Waals surface area contributed by atoms with E-state index < -0.39 is 72.6 Å². The predicted octanol–water partition coefficient (Wildman–Crippen LogP) is -3.00. The van der Waals surface area contributed by atoms with Crippen LogP contribution in [0.15, 0.2) is 4.99 Å². The standard InChI is InChI=1S/C20H35N7O9S/c1-37-8-6-12(19(35)36)26-17(33)11(3-2-7-24-20(22)23)25-18(34)13(9-15(30)31)27-16(32)10(21)4-5-14(28)29/h10-13H,2-9,21H2,1H3,(H,25,34)(H,26,33)(H,27,32)(H,28,29)(H,30,31)(H,35,36)(H4,22,23,24). The zero-order valence-corrected chi connectivity index (χ0v) is 21.2. The number of guanidine groups is 1. The van der Waals surface area contributed by atoms with Crippen molar-refractivity contribution in [2.75, 3.05) is 18.6 Å². The number of carboxylic acid groups (broad SMARTS) is 3. The second-order valence-corrected chi connectivity index (χ2v) is 8.87. The van der Waals surface area contributed by atoms with Crippen molar-refractivity contribution in [2.24, 2.45) is 22.2 Å². The van der Waals surface area contributed by atoms with Crippen LogP contribution in [0.1, 0.15) is 38.5 Å². The van der Waals surface area contributed by atoms with E-state index in [0.29, 0.717) is 5.75 Å². The van der Waals surface area contributed by atoms with Crippen LogP contribution < -0.4 is 33.2 Å². The molecule has 0 rings (SSSR count). The Morgan fingerprint density at radius 3 is 1.89 bits per heavy atom. The van der Waals surface area contributed by atoms with E-state index in [1.807, 2.05) is 0 Å². The van der Waals surface area contributed by atoms with Gasteiger partial charge in [0.15, 0.2) is 5.96 Å². The average molecular weight is 550 g/mol. The van der Waals surface area contributed by atoms with Crippen LogP contribution in [0, 0.1) is 0 Å². The van der Waals surface area contributed by atoms with E-state index in [1.54, 1.807) is 6.26 Å². The summed E-state index contributed by atoms with van der Waals surface area (Å²) in [5.74, 6) is -6.53. The molecule has 0 aliphatic carbocycles. The molecule has 0 aromatic heterocycles. The molecule has 4 atom stereocenters. The lowest BCUT2D eigenvalue weighted by Gasteiger charge is -2.24. The lowest BCUT2D eigenvalue weighted by Crippen LogP contribution is -2.57. The van der Waals surface area contributed by atoms with Gasteiger partial charge in [-0.3, -0.25) is 29.0 Å². The molecule has 0 aromatic carbocycles. The Kier molecular flexibility index (Phi) is 16.0. The number of nitrogens with two attached hydrogens (primary N) is 3. The predicted molar refractivity (Wildman–Crippen MR) is 133 cm³/mol. The molecular weight excluding hydrogens is 514 g/mol. The number of hydrogen-bond acceptors (Lipinski definition) is 9.